The zero-order chi connectivity index (χ0) is 12.0. The predicted molar refractivity (Wildman–Crippen MR) is 74.8 cm³/mol. The van der Waals surface area contributed by atoms with Crippen molar-refractivity contribution in [1.29, 1.82) is 0 Å². The van der Waals surface area contributed by atoms with Crippen molar-refractivity contribution < 1.29 is 4.79 Å². The first-order chi connectivity index (χ1) is 8.08. The molecule has 3 aliphatic rings. The maximum atomic E-state index is 12.4. The van der Waals surface area contributed by atoms with E-state index in [1.807, 2.05) is 0 Å². The Morgan fingerprint density at radius 1 is 1.17 bits per heavy atom. The molecular formula is C14H25ClN2O. The van der Waals surface area contributed by atoms with Crippen molar-refractivity contribution in [2.24, 2.45) is 23.2 Å². The zero-order valence-corrected chi connectivity index (χ0v) is 12.3. The van der Waals surface area contributed by atoms with Gasteiger partial charge in [0, 0.05) is 19.0 Å². The Bertz CT molecular complexity index is 318. The van der Waals surface area contributed by atoms with Crippen molar-refractivity contribution in [2.75, 3.05) is 26.2 Å². The van der Waals surface area contributed by atoms with Crippen molar-refractivity contribution in [3.63, 3.8) is 0 Å². The lowest BCUT2D eigenvalue weighted by Crippen LogP contribution is -2.34. The second kappa shape index (κ2) is 5.01. The molecule has 3 rings (SSSR count). The van der Waals surface area contributed by atoms with Gasteiger partial charge >= 0.3 is 0 Å². The number of likely N-dealkylation sites (tertiary alicyclic amines) is 1. The molecule has 3 fully saturated rings. The van der Waals surface area contributed by atoms with Crippen molar-refractivity contribution >= 4 is 18.3 Å². The van der Waals surface area contributed by atoms with Gasteiger partial charge in [0.2, 0.25) is 5.91 Å². The lowest BCUT2D eigenvalue weighted by atomic mass is 9.92. The molecule has 0 aromatic rings. The average molecular weight is 273 g/mol. The van der Waals surface area contributed by atoms with Gasteiger partial charge in [0.25, 0.3) is 0 Å². The summed E-state index contributed by atoms with van der Waals surface area (Å²) in [6.07, 6.45) is 3.50. The van der Waals surface area contributed by atoms with E-state index >= 15 is 0 Å². The topological polar surface area (TPSA) is 32.3 Å². The number of rotatable bonds is 1. The predicted octanol–water partition coefficient (Wildman–Crippen LogP) is 1.91. The molecule has 0 radical (unpaired) electrons. The van der Waals surface area contributed by atoms with Crippen LogP contribution in [0.5, 0.6) is 0 Å². The molecule has 1 amide bonds. The molecule has 0 spiro atoms. The third-order valence-electron chi connectivity index (χ3n) is 5.14. The summed E-state index contributed by atoms with van der Waals surface area (Å²) in [5, 5.41) is 3.48. The number of amides is 1. The number of nitrogens with one attached hydrogen (secondary N) is 1. The highest BCUT2D eigenvalue weighted by molar-refractivity contribution is 5.85. The highest BCUT2D eigenvalue weighted by Crippen LogP contribution is 2.52. The van der Waals surface area contributed by atoms with Crippen molar-refractivity contribution in [2.45, 2.75) is 33.1 Å². The third kappa shape index (κ3) is 2.53. The van der Waals surface area contributed by atoms with Gasteiger partial charge in [-0.2, -0.15) is 0 Å². The van der Waals surface area contributed by atoms with Crippen LogP contribution in [0.3, 0.4) is 0 Å². The molecule has 3 atom stereocenters. The summed E-state index contributed by atoms with van der Waals surface area (Å²) in [5.74, 6) is 2.39. The molecule has 0 aromatic carbocycles. The van der Waals surface area contributed by atoms with Crippen LogP contribution >= 0.6 is 12.4 Å². The van der Waals surface area contributed by atoms with Crippen LogP contribution in [0.2, 0.25) is 0 Å². The van der Waals surface area contributed by atoms with Gasteiger partial charge in [0.15, 0.2) is 0 Å². The van der Waals surface area contributed by atoms with E-state index in [1.54, 1.807) is 0 Å². The molecule has 1 unspecified atom stereocenters. The molecule has 2 heterocycles. The Balaban J connectivity index is 0.00000120. The summed E-state index contributed by atoms with van der Waals surface area (Å²) >= 11 is 0. The van der Waals surface area contributed by atoms with Gasteiger partial charge in [0.1, 0.15) is 0 Å². The number of nitrogens with zero attached hydrogens (tertiary/aromatic N) is 1. The quantitative estimate of drug-likeness (QED) is 0.791. The van der Waals surface area contributed by atoms with Crippen molar-refractivity contribution in [3.05, 3.63) is 0 Å². The maximum absolute atomic E-state index is 12.4. The maximum Gasteiger partial charge on any atom is 0.226 e. The standard InChI is InChI=1S/C14H24N2O.ClH/c1-14(2)7-12(14)13(17)16-5-3-10-8-15-9-11(10)4-6-16;/h10-12,15H,3-9H2,1-2H3;1H/t10-,11+,12?;. The van der Waals surface area contributed by atoms with Gasteiger partial charge in [-0.05, 0) is 49.6 Å². The second-order valence-electron chi connectivity index (χ2n) is 6.83. The molecule has 0 bridgehead atoms. The minimum atomic E-state index is 0. The smallest absolute Gasteiger partial charge is 0.226 e. The molecular weight excluding hydrogens is 248 g/mol. The zero-order valence-electron chi connectivity index (χ0n) is 11.4. The van der Waals surface area contributed by atoms with E-state index in [9.17, 15) is 4.79 Å². The van der Waals surface area contributed by atoms with E-state index in [0.29, 0.717) is 11.8 Å². The van der Waals surface area contributed by atoms with Crippen LogP contribution in [0.25, 0.3) is 0 Å². The monoisotopic (exact) mass is 272 g/mol. The summed E-state index contributed by atoms with van der Waals surface area (Å²) in [4.78, 5) is 14.5. The summed E-state index contributed by atoms with van der Waals surface area (Å²) in [5.41, 5.74) is 0.279. The van der Waals surface area contributed by atoms with E-state index in [-0.39, 0.29) is 17.8 Å². The molecule has 18 heavy (non-hydrogen) atoms. The summed E-state index contributed by atoms with van der Waals surface area (Å²) in [7, 11) is 0. The molecule has 3 nitrogen and oxygen atoms in total. The summed E-state index contributed by atoms with van der Waals surface area (Å²) in [6, 6.07) is 0. The Labute approximate surface area is 116 Å². The number of hydrogen-bond acceptors (Lipinski definition) is 2. The van der Waals surface area contributed by atoms with Gasteiger partial charge in [-0.25, -0.2) is 0 Å². The minimum Gasteiger partial charge on any atom is -0.342 e. The van der Waals surface area contributed by atoms with Crippen molar-refractivity contribution in [3.8, 4) is 0 Å². The summed E-state index contributed by atoms with van der Waals surface area (Å²) in [6.45, 7) is 8.75. The Kier molecular flexibility index (Phi) is 3.93. The lowest BCUT2D eigenvalue weighted by Gasteiger charge is -2.21. The average Bonchev–Trinajstić information content (AvgIpc) is 2.78. The summed E-state index contributed by atoms with van der Waals surface area (Å²) < 4.78 is 0. The van der Waals surface area contributed by atoms with Gasteiger partial charge in [-0.3, -0.25) is 4.79 Å². The Hall–Kier alpha value is -0.280. The van der Waals surface area contributed by atoms with E-state index in [2.05, 4.69) is 24.1 Å². The molecule has 1 N–H and O–H groups in total. The van der Waals surface area contributed by atoms with Crippen LogP contribution in [0, 0.1) is 23.2 Å². The van der Waals surface area contributed by atoms with E-state index in [4.69, 9.17) is 0 Å². The number of halogens is 1. The van der Waals surface area contributed by atoms with Crippen LogP contribution in [-0.4, -0.2) is 37.0 Å². The molecule has 4 heteroatoms. The van der Waals surface area contributed by atoms with Crippen LogP contribution in [0.4, 0.5) is 0 Å². The molecule has 2 saturated heterocycles. The van der Waals surface area contributed by atoms with E-state index in [0.717, 1.165) is 31.3 Å². The Morgan fingerprint density at radius 3 is 2.11 bits per heavy atom. The largest absolute Gasteiger partial charge is 0.342 e. The van der Waals surface area contributed by atoms with Gasteiger partial charge in [0.05, 0.1) is 0 Å². The first-order valence-corrected chi connectivity index (χ1v) is 7.07. The van der Waals surface area contributed by atoms with Crippen LogP contribution in [0.15, 0.2) is 0 Å². The number of carbonyl (C=O) groups excluding carboxylic acids is 1. The van der Waals surface area contributed by atoms with Crippen LogP contribution in [0.1, 0.15) is 33.1 Å². The molecule has 0 aromatic heterocycles. The minimum absolute atomic E-state index is 0. The number of carbonyl (C=O) groups is 1. The molecule has 104 valence electrons. The van der Waals surface area contributed by atoms with Crippen LogP contribution < -0.4 is 5.32 Å². The molecule has 1 aliphatic carbocycles. The fourth-order valence-corrected chi connectivity index (χ4v) is 3.55. The third-order valence-corrected chi connectivity index (χ3v) is 5.14. The number of hydrogen-bond donors (Lipinski definition) is 1. The van der Waals surface area contributed by atoms with E-state index < -0.39 is 0 Å². The van der Waals surface area contributed by atoms with Gasteiger partial charge in [-0.15, -0.1) is 12.4 Å². The SMILES string of the molecule is CC1(C)CC1C(=O)N1CC[C@@H]2CNC[C@@H]2CC1.Cl. The van der Waals surface area contributed by atoms with Crippen LogP contribution in [-0.2, 0) is 4.79 Å². The first-order valence-electron chi connectivity index (χ1n) is 7.07. The highest BCUT2D eigenvalue weighted by atomic mass is 35.5. The Morgan fingerprint density at radius 2 is 1.67 bits per heavy atom. The second-order valence-corrected chi connectivity index (χ2v) is 6.83. The highest BCUT2D eigenvalue weighted by Gasteiger charge is 2.52. The molecule has 1 saturated carbocycles. The van der Waals surface area contributed by atoms with Gasteiger partial charge in [-0.1, -0.05) is 13.8 Å². The van der Waals surface area contributed by atoms with Crippen molar-refractivity contribution in [1.82, 2.24) is 10.2 Å². The lowest BCUT2D eigenvalue weighted by molar-refractivity contribution is -0.133. The number of fused-ring (bicyclic) bond motifs is 1. The normalized spacial score (nSPS) is 37.4. The molecule has 2 aliphatic heterocycles. The van der Waals surface area contributed by atoms with E-state index in [1.165, 1.54) is 25.9 Å². The van der Waals surface area contributed by atoms with Gasteiger partial charge < -0.3 is 10.2 Å². The fraction of sp³-hybridized carbons (Fsp3) is 0.929. The first kappa shape index (κ1) is 14.1. The fourth-order valence-electron chi connectivity index (χ4n) is 3.55.